The monoisotopic (exact) mass is 122 g/mol. The van der Waals surface area contributed by atoms with Gasteiger partial charge in [-0.2, -0.15) is 0 Å². The van der Waals surface area contributed by atoms with Gasteiger partial charge in [-0.05, 0) is 48.9 Å². The Labute approximate surface area is 56.6 Å². The van der Waals surface area contributed by atoms with E-state index in [9.17, 15) is 0 Å². The zero-order valence-corrected chi connectivity index (χ0v) is 6.06. The van der Waals surface area contributed by atoms with E-state index in [0.29, 0.717) is 0 Å². The topological polar surface area (TPSA) is 0 Å². The SMILES string of the molecule is CC1C2CCC3CCC312. The van der Waals surface area contributed by atoms with Crippen LogP contribution in [0.2, 0.25) is 0 Å². The van der Waals surface area contributed by atoms with E-state index in [1.54, 1.807) is 25.7 Å². The van der Waals surface area contributed by atoms with Crippen LogP contribution in [-0.2, 0) is 0 Å². The maximum atomic E-state index is 2.47. The molecule has 0 aromatic heterocycles. The van der Waals surface area contributed by atoms with Crippen LogP contribution in [0.1, 0.15) is 32.6 Å². The molecule has 0 nitrogen and oxygen atoms in total. The lowest BCUT2D eigenvalue weighted by molar-refractivity contribution is 0.145. The van der Waals surface area contributed by atoms with E-state index < -0.39 is 0 Å². The Morgan fingerprint density at radius 2 is 2.11 bits per heavy atom. The van der Waals surface area contributed by atoms with E-state index in [-0.39, 0.29) is 0 Å². The average molecular weight is 122 g/mol. The van der Waals surface area contributed by atoms with Crippen molar-refractivity contribution < 1.29 is 0 Å². The molecular formula is C9H14. The first-order valence-corrected chi connectivity index (χ1v) is 4.36. The molecule has 0 aromatic rings. The fraction of sp³-hybridized carbons (Fsp3) is 1.00. The summed E-state index contributed by atoms with van der Waals surface area (Å²) in [6, 6.07) is 0. The van der Waals surface area contributed by atoms with Crippen molar-refractivity contribution in [3.63, 3.8) is 0 Å². The summed E-state index contributed by atoms with van der Waals surface area (Å²) in [5, 5.41) is 0. The van der Waals surface area contributed by atoms with Crippen molar-refractivity contribution in [3.05, 3.63) is 0 Å². The van der Waals surface area contributed by atoms with Gasteiger partial charge in [-0.1, -0.05) is 6.92 Å². The maximum Gasteiger partial charge on any atom is -0.0210 e. The predicted molar refractivity (Wildman–Crippen MR) is 37.0 cm³/mol. The second kappa shape index (κ2) is 1.09. The molecule has 0 heteroatoms. The summed E-state index contributed by atoms with van der Waals surface area (Å²) in [6.45, 7) is 2.47. The summed E-state index contributed by atoms with van der Waals surface area (Å²) in [7, 11) is 0. The lowest BCUT2D eigenvalue weighted by Crippen LogP contribution is -2.26. The molecule has 3 aliphatic carbocycles. The minimum Gasteiger partial charge on any atom is -0.0617 e. The minimum absolute atomic E-state index is 0.958. The average Bonchev–Trinajstić information content (AvgIpc) is 2.28. The van der Waals surface area contributed by atoms with Gasteiger partial charge in [0.05, 0.1) is 0 Å². The first-order chi connectivity index (χ1) is 4.36. The number of hydrogen-bond acceptors (Lipinski definition) is 0. The highest BCUT2D eigenvalue weighted by Gasteiger charge is 2.72. The van der Waals surface area contributed by atoms with Crippen LogP contribution in [0.5, 0.6) is 0 Å². The van der Waals surface area contributed by atoms with E-state index in [2.05, 4.69) is 6.92 Å². The molecule has 1 spiro atoms. The van der Waals surface area contributed by atoms with Gasteiger partial charge in [-0.3, -0.25) is 0 Å². The molecule has 0 aliphatic heterocycles. The van der Waals surface area contributed by atoms with E-state index in [4.69, 9.17) is 0 Å². The molecule has 0 heterocycles. The van der Waals surface area contributed by atoms with Crippen LogP contribution in [0.3, 0.4) is 0 Å². The van der Waals surface area contributed by atoms with Gasteiger partial charge in [-0.15, -0.1) is 0 Å². The number of hydrogen-bond donors (Lipinski definition) is 0. The van der Waals surface area contributed by atoms with Crippen molar-refractivity contribution in [2.45, 2.75) is 32.6 Å². The maximum absolute atomic E-state index is 2.47. The van der Waals surface area contributed by atoms with Gasteiger partial charge in [0.15, 0.2) is 0 Å². The molecule has 0 aromatic carbocycles. The van der Waals surface area contributed by atoms with Gasteiger partial charge in [0.25, 0.3) is 0 Å². The summed E-state index contributed by atoms with van der Waals surface area (Å²) in [5.74, 6) is 3.51. The van der Waals surface area contributed by atoms with Crippen LogP contribution in [0.25, 0.3) is 0 Å². The van der Waals surface area contributed by atoms with Crippen molar-refractivity contribution in [3.8, 4) is 0 Å². The molecule has 3 saturated carbocycles. The predicted octanol–water partition coefficient (Wildman–Crippen LogP) is 2.44. The number of rotatable bonds is 0. The standard InChI is InChI=1S/C9H14/c1-6-8-3-2-7-4-5-9(6,7)8/h6-8H,2-5H2,1H3. The van der Waals surface area contributed by atoms with Crippen LogP contribution < -0.4 is 0 Å². The van der Waals surface area contributed by atoms with Crippen LogP contribution in [0, 0.1) is 23.2 Å². The highest BCUT2D eigenvalue weighted by atomic mass is 14.8. The Balaban J connectivity index is 1.99. The third kappa shape index (κ3) is 0.300. The van der Waals surface area contributed by atoms with Crippen LogP contribution in [0.4, 0.5) is 0 Å². The second-order valence-corrected chi connectivity index (χ2v) is 4.32. The van der Waals surface area contributed by atoms with E-state index in [0.717, 1.165) is 11.3 Å². The zero-order chi connectivity index (χ0) is 6.06. The zero-order valence-electron chi connectivity index (χ0n) is 6.06. The molecule has 3 fully saturated rings. The summed E-state index contributed by atoms with van der Waals surface area (Å²) >= 11 is 0. The summed E-state index contributed by atoms with van der Waals surface area (Å²) in [4.78, 5) is 0. The first-order valence-electron chi connectivity index (χ1n) is 4.36. The van der Waals surface area contributed by atoms with E-state index in [1.807, 2.05) is 0 Å². The Kier molecular flexibility index (Phi) is 0.574. The van der Waals surface area contributed by atoms with Gasteiger partial charge in [-0.25, -0.2) is 0 Å². The molecule has 0 saturated heterocycles. The van der Waals surface area contributed by atoms with Crippen molar-refractivity contribution >= 4 is 0 Å². The fourth-order valence-electron chi connectivity index (χ4n) is 3.84. The Bertz CT molecular complexity index is 157. The molecule has 3 rings (SSSR count). The normalized spacial score (nSPS) is 68.3. The summed E-state index contributed by atoms with van der Waals surface area (Å²) in [5.41, 5.74) is 0.958. The Morgan fingerprint density at radius 1 is 1.22 bits per heavy atom. The third-order valence-corrected chi connectivity index (χ3v) is 4.54. The first kappa shape index (κ1) is 4.76. The molecule has 3 aliphatic rings. The molecule has 4 unspecified atom stereocenters. The molecular weight excluding hydrogens is 108 g/mol. The highest BCUT2D eigenvalue weighted by molar-refractivity contribution is 5.20. The van der Waals surface area contributed by atoms with Gasteiger partial charge >= 0.3 is 0 Å². The smallest absolute Gasteiger partial charge is 0.0210 e. The van der Waals surface area contributed by atoms with E-state index >= 15 is 0 Å². The molecule has 0 bridgehead atoms. The fourth-order valence-corrected chi connectivity index (χ4v) is 3.84. The van der Waals surface area contributed by atoms with Crippen molar-refractivity contribution in [2.24, 2.45) is 23.2 Å². The van der Waals surface area contributed by atoms with Crippen molar-refractivity contribution in [2.75, 3.05) is 0 Å². The molecule has 0 radical (unpaired) electrons. The van der Waals surface area contributed by atoms with Crippen LogP contribution in [0.15, 0.2) is 0 Å². The van der Waals surface area contributed by atoms with Crippen LogP contribution in [-0.4, -0.2) is 0 Å². The molecule has 0 amide bonds. The lowest BCUT2D eigenvalue weighted by atomic mass is 9.70. The van der Waals surface area contributed by atoms with E-state index in [1.165, 1.54) is 11.8 Å². The van der Waals surface area contributed by atoms with Gasteiger partial charge in [0.2, 0.25) is 0 Å². The largest absolute Gasteiger partial charge is 0.0617 e. The molecule has 50 valence electrons. The third-order valence-electron chi connectivity index (χ3n) is 4.54. The summed E-state index contributed by atoms with van der Waals surface area (Å²) in [6.07, 6.45) is 6.31. The van der Waals surface area contributed by atoms with Crippen molar-refractivity contribution in [1.29, 1.82) is 0 Å². The molecule has 4 atom stereocenters. The van der Waals surface area contributed by atoms with Crippen molar-refractivity contribution in [1.82, 2.24) is 0 Å². The molecule has 0 N–H and O–H groups in total. The highest BCUT2D eigenvalue weighted by Crippen LogP contribution is 2.79. The molecule has 9 heavy (non-hydrogen) atoms. The minimum atomic E-state index is 0.958. The Morgan fingerprint density at radius 3 is 2.44 bits per heavy atom. The quantitative estimate of drug-likeness (QED) is 0.463. The van der Waals surface area contributed by atoms with Crippen LogP contribution >= 0.6 is 0 Å². The Hall–Kier alpha value is 0. The lowest BCUT2D eigenvalue weighted by Gasteiger charge is -2.35. The van der Waals surface area contributed by atoms with Gasteiger partial charge < -0.3 is 0 Å². The summed E-state index contributed by atoms with van der Waals surface area (Å²) < 4.78 is 0. The van der Waals surface area contributed by atoms with Gasteiger partial charge in [0.1, 0.15) is 0 Å². The van der Waals surface area contributed by atoms with Gasteiger partial charge in [0, 0.05) is 0 Å². The second-order valence-electron chi connectivity index (χ2n) is 4.32.